The lowest BCUT2D eigenvalue weighted by Crippen LogP contribution is -2.40. The van der Waals surface area contributed by atoms with Crippen LogP contribution in [0.3, 0.4) is 0 Å². The van der Waals surface area contributed by atoms with Gasteiger partial charge in [-0.25, -0.2) is 9.59 Å². The van der Waals surface area contributed by atoms with Gasteiger partial charge in [0.15, 0.2) is 0 Å². The Bertz CT molecular complexity index is 387. The molecule has 0 fully saturated rings. The highest BCUT2D eigenvalue weighted by Crippen LogP contribution is 2.07. The van der Waals surface area contributed by atoms with Crippen molar-refractivity contribution in [3.8, 4) is 6.07 Å². The molecule has 0 aliphatic carbocycles. The molecule has 0 spiro atoms. The van der Waals surface area contributed by atoms with E-state index in [-0.39, 0.29) is 19.0 Å². The fourth-order valence-electron chi connectivity index (χ4n) is 0.975. The molecule has 0 heterocycles. The first kappa shape index (κ1) is 21.6. The van der Waals surface area contributed by atoms with Crippen LogP contribution in [-0.4, -0.2) is 47.7 Å². The van der Waals surface area contributed by atoms with Crippen LogP contribution >= 0.6 is 0 Å². The third-order valence-corrected chi connectivity index (χ3v) is 2.84. The minimum Gasteiger partial charge on any atom is -0.467 e. The van der Waals surface area contributed by atoms with Gasteiger partial charge in [-0.05, 0) is 20.3 Å². The molecule has 6 nitrogen and oxygen atoms in total. The van der Waals surface area contributed by atoms with E-state index in [1.807, 2.05) is 13.0 Å². The summed E-state index contributed by atoms with van der Waals surface area (Å²) in [6.07, 6.45) is 1.16. The third-order valence-electron chi connectivity index (χ3n) is 2.14. The second kappa shape index (κ2) is 12.1. The topological polar surface area (TPSA) is 85.6 Å². The van der Waals surface area contributed by atoms with E-state index in [1.165, 1.54) is 7.11 Å². The van der Waals surface area contributed by atoms with Crippen molar-refractivity contribution in [1.82, 2.24) is 0 Å². The summed E-state index contributed by atoms with van der Waals surface area (Å²) < 4.78 is 14.5. The lowest BCUT2D eigenvalue weighted by molar-refractivity contribution is -0.157. The average molecular weight is 315 g/mol. The number of rotatable bonds is 7. The fraction of sp³-hybridized carbons (Fsp3) is 0.643. The van der Waals surface area contributed by atoms with Crippen molar-refractivity contribution in [3.05, 3.63) is 12.2 Å². The molecule has 21 heavy (non-hydrogen) atoms. The number of hydrogen-bond acceptors (Lipinski definition) is 6. The number of nitrogens with zero attached hydrogens (tertiary/aromatic N) is 1. The lowest BCUT2D eigenvalue weighted by atomic mass is 10.4. The Labute approximate surface area is 129 Å². The summed E-state index contributed by atoms with van der Waals surface area (Å²) in [7, 11) is 2.04. The minimum atomic E-state index is -0.662. The fourth-order valence-corrected chi connectivity index (χ4v) is 1.38. The highest BCUT2D eigenvalue weighted by Gasteiger charge is 2.28. The molecule has 0 amide bonds. The Kier molecular flexibility index (Phi) is 12.5. The van der Waals surface area contributed by atoms with Gasteiger partial charge in [-0.1, -0.05) is 13.5 Å². The van der Waals surface area contributed by atoms with Crippen LogP contribution in [0.15, 0.2) is 12.2 Å². The van der Waals surface area contributed by atoms with Gasteiger partial charge in [0, 0.05) is 12.2 Å². The van der Waals surface area contributed by atoms with Crippen LogP contribution in [0.5, 0.6) is 0 Å². The van der Waals surface area contributed by atoms with Crippen LogP contribution in [0.2, 0.25) is 0 Å². The number of hydrogen-bond donors (Lipinski definition) is 0. The Morgan fingerprint density at radius 2 is 1.95 bits per heavy atom. The quantitative estimate of drug-likeness (QED) is 0.297. The number of esters is 2. The monoisotopic (exact) mass is 315 g/mol. The number of ether oxygens (including phenoxy) is 3. The van der Waals surface area contributed by atoms with Gasteiger partial charge in [0.05, 0.1) is 29.8 Å². The van der Waals surface area contributed by atoms with Gasteiger partial charge in [0.25, 0.3) is 0 Å². The Morgan fingerprint density at radius 3 is 2.33 bits per heavy atom. The van der Waals surface area contributed by atoms with Gasteiger partial charge in [-0.15, -0.1) is 0 Å². The Hall–Kier alpha value is -1.65. The molecule has 0 aliphatic rings. The maximum atomic E-state index is 11.0. The smallest absolute Gasteiger partial charge is 0.333 e. The average Bonchev–Trinajstić information content (AvgIpc) is 2.44. The SMILES string of the molecule is C=C(C)C(=O)OCCC#N.CCCOC(C)([SiH3])C(=O)OC. The molecule has 0 saturated carbocycles. The first-order valence-corrected chi connectivity index (χ1v) is 7.64. The van der Waals surface area contributed by atoms with Crippen LogP contribution in [-0.2, 0) is 23.8 Å². The molecule has 1 unspecified atom stereocenters. The Balaban J connectivity index is 0. The summed E-state index contributed by atoms with van der Waals surface area (Å²) in [4.78, 5) is 21.6. The molecule has 0 aromatic rings. The maximum Gasteiger partial charge on any atom is 0.333 e. The van der Waals surface area contributed by atoms with Gasteiger partial charge >= 0.3 is 11.9 Å². The summed E-state index contributed by atoms with van der Waals surface area (Å²) in [6.45, 7) is 9.49. The molecule has 7 heteroatoms. The highest BCUT2D eigenvalue weighted by atomic mass is 28.1. The highest BCUT2D eigenvalue weighted by molar-refractivity contribution is 6.25. The molecular formula is C14H25NO5Si. The molecule has 0 bridgehead atoms. The summed E-state index contributed by atoms with van der Waals surface area (Å²) in [6, 6.07) is 1.86. The molecule has 0 N–H and O–H groups in total. The maximum absolute atomic E-state index is 11.0. The molecule has 0 radical (unpaired) electrons. The first-order chi connectivity index (χ1) is 9.72. The first-order valence-electron chi connectivity index (χ1n) is 6.64. The van der Waals surface area contributed by atoms with Crippen molar-refractivity contribution in [2.24, 2.45) is 0 Å². The standard InChI is InChI=1S/C7H9NO2.C7H16O3Si/c1-6(2)7(9)10-5-3-4-8;1-4-5-10-7(2,11)6(8)9-3/h1,3,5H2,2H3;4-5H2,1-3,11H3. The summed E-state index contributed by atoms with van der Waals surface area (Å²) >= 11 is 0. The second-order valence-corrected chi connectivity index (χ2v) is 6.58. The van der Waals surface area contributed by atoms with Crippen LogP contribution in [0.25, 0.3) is 0 Å². The van der Waals surface area contributed by atoms with Crippen molar-refractivity contribution < 1.29 is 23.8 Å². The minimum absolute atomic E-state index is 0.155. The predicted octanol–water partition coefficient (Wildman–Crippen LogP) is 0.687. The summed E-state index contributed by atoms with van der Waals surface area (Å²) in [5.41, 5.74) is 0.359. The molecule has 120 valence electrons. The molecular weight excluding hydrogens is 290 g/mol. The van der Waals surface area contributed by atoms with Crippen LogP contribution < -0.4 is 0 Å². The van der Waals surface area contributed by atoms with Gasteiger partial charge in [0.2, 0.25) is 0 Å². The molecule has 0 rings (SSSR count). The van der Waals surface area contributed by atoms with E-state index in [0.29, 0.717) is 22.4 Å². The van der Waals surface area contributed by atoms with Crippen molar-refractivity contribution in [3.63, 3.8) is 0 Å². The van der Waals surface area contributed by atoms with Crippen molar-refractivity contribution in [2.45, 2.75) is 38.8 Å². The van der Waals surface area contributed by atoms with Gasteiger partial charge in [-0.2, -0.15) is 5.26 Å². The van der Waals surface area contributed by atoms with Crippen molar-refractivity contribution in [2.75, 3.05) is 20.3 Å². The second-order valence-electron chi connectivity index (χ2n) is 4.67. The largest absolute Gasteiger partial charge is 0.467 e. The predicted molar refractivity (Wildman–Crippen MR) is 82.6 cm³/mol. The zero-order chi connectivity index (χ0) is 16.9. The third kappa shape index (κ3) is 11.8. The summed E-state index contributed by atoms with van der Waals surface area (Å²) in [5, 5.41) is 7.39. The molecule has 0 aromatic heterocycles. The normalized spacial score (nSPS) is 12.1. The Morgan fingerprint density at radius 1 is 1.38 bits per heavy atom. The summed E-state index contributed by atoms with van der Waals surface area (Å²) in [5.74, 6) is -0.701. The number of nitriles is 1. The molecule has 1 atom stereocenters. The van der Waals surface area contributed by atoms with Crippen LogP contribution in [0.4, 0.5) is 0 Å². The van der Waals surface area contributed by atoms with E-state index in [9.17, 15) is 9.59 Å². The van der Waals surface area contributed by atoms with Crippen molar-refractivity contribution >= 4 is 22.2 Å². The number of carbonyl (C=O) groups is 2. The van der Waals surface area contributed by atoms with E-state index in [1.54, 1.807) is 13.8 Å². The number of methoxy groups -OCH3 is 1. The van der Waals surface area contributed by atoms with E-state index < -0.39 is 11.2 Å². The van der Waals surface area contributed by atoms with Gasteiger partial charge < -0.3 is 14.2 Å². The van der Waals surface area contributed by atoms with Gasteiger partial charge in [0.1, 0.15) is 11.8 Å². The zero-order valence-corrected chi connectivity index (χ0v) is 15.5. The van der Waals surface area contributed by atoms with E-state index in [4.69, 9.17) is 10.00 Å². The van der Waals surface area contributed by atoms with Crippen LogP contribution in [0, 0.1) is 11.3 Å². The molecule has 0 aromatic carbocycles. The van der Waals surface area contributed by atoms with E-state index >= 15 is 0 Å². The van der Waals surface area contributed by atoms with Gasteiger partial charge in [-0.3, -0.25) is 0 Å². The number of carbonyl (C=O) groups excluding carboxylic acids is 2. The van der Waals surface area contributed by atoms with E-state index in [0.717, 1.165) is 6.42 Å². The van der Waals surface area contributed by atoms with E-state index in [2.05, 4.69) is 16.1 Å². The van der Waals surface area contributed by atoms with Crippen molar-refractivity contribution in [1.29, 1.82) is 5.26 Å². The zero-order valence-electron chi connectivity index (χ0n) is 13.5. The molecule has 0 aliphatic heterocycles. The lowest BCUT2D eigenvalue weighted by Gasteiger charge is -2.21. The molecule has 0 saturated heterocycles. The van der Waals surface area contributed by atoms with Crippen LogP contribution in [0.1, 0.15) is 33.6 Å².